The van der Waals surface area contributed by atoms with Gasteiger partial charge in [-0.05, 0) is 30.5 Å². The van der Waals surface area contributed by atoms with E-state index in [0.29, 0.717) is 17.2 Å². The second-order valence-corrected chi connectivity index (χ2v) is 5.40. The van der Waals surface area contributed by atoms with Gasteiger partial charge in [-0.1, -0.05) is 12.1 Å². The monoisotopic (exact) mass is 302 g/mol. The van der Waals surface area contributed by atoms with Crippen molar-refractivity contribution in [2.75, 3.05) is 0 Å². The van der Waals surface area contributed by atoms with E-state index in [2.05, 4.69) is 5.10 Å². The summed E-state index contributed by atoms with van der Waals surface area (Å²) >= 11 is 0. The molecule has 1 aliphatic carbocycles. The third-order valence-electron chi connectivity index (χ3n) is 3.93. The molecular weight excluding hydrogens is 288 g/mol. The molecule has 0 atom stereocenters. The lowest BCUT2D eigenvalue weighted by molar-refractivity contribution is -0.0317. The predicted octanol–water partition coefficient (Wildman–Crippen LogP) is 3.72. The van der Waals surface area contributed by atoms with E-state index in [4.69, 9.17) is 5.26 Å². The Balaban J connectivity index is 1.84. The quantitative estimate of drug-likeness (QED) is 0.919. The average Bonchev–Trinajstić information content (AvgIpc) is 2.89. The molecule has 4 nitrogen and oxygen atoms in total. The minimum atomic E-state index is -2.62. The van der Waals surface area contributed by atoms with E-state index in [1.165, 1.54) is 10.9 Å². The Morgan fingerprint density at radius 1 is 1.18 bits per heavy atom. The number of aromatic hydroxyl groups is 1. The summed E-state index contributed by atoms with van der Waals surface area (Å²) in [5, 5.41) is 23.2. The third-order valence-corrected chi connectivity index (χ3v) is 3.93. The Kier molecular flexibility index (Phi) is 3.57. The van der Waals surface area contributed by atoms with Crippen LogP contribution in [0.25, 0.3) is 11.1 Å². The molecule has 1 aromatic carbocycles. The third kappa shape index (κ3) is 2.67. The number of benzene rings is 1. The molecule has 0 spiro atoms. The van der Waals surface area contributed by atoms with Crippen LogP contribution in [-0.4, -0.2) is 20.8 Å². The van der Waals surface area contributed by atoms with Crippen molar-refractivity contribution in [1.29, 1.82) is 5.26 Å². The fourth-order valence-corrected chi connectivity index (χ4v) is 2.62. The minimum absolute atomic E-state index is 0.0510. The van der Waals surface area contributed by atoms with Gasteiger partial charge in [0.1, 0.15) is 0 Å². The summed E-state index contributed by atoms with van der Waals surface area (Å²) in [7, 11) is 0. The van der Waals surface area contributed by atoms with Gasteiger partial charge in [0.15, 0.2) is 0 Å². The van der Waals surface area contributed by atoms with Crippen LogP contribution in [0.4, 0.5) is 8.78 Å². The Morgan fingerprint density at radius 3 is 2.41 bits per heavy atom. The van der Waals surface area contributed by atoms with Crippen molar-refractivity contribution >= 4 is 0 Å². The molecule has 0 unspecified atom stereocenters. The van der Waals surface area contributed by atoms with Crippen molar-refractivity contribution in [3.05, 3.63) is 42.1 Å². The highest BCUT2D eigenvalue weighted by Crippen LogP contribution is 2.40. The molecule has 113 valence electrons. The highest BCUT2D eigenvalue weighted by Gasteiger charge is 2.37. The average molecular weight is 302 g/mol. The minimum Gasteiger partial charge on any atom is -0.493 e. The Labute approximate surface area is 126 Å². The van der Waals surface area contributed by atoms with Crippen LogP contribution in [0, 0.1) is 17.4 Å². The van der Waals surface area contributed by atoms with E-state index in [1.54, 1.807) is 24.3 Å². The number of hydrogen-bond acceptors (Lipinski definition) is 3. The fourth-order valence-electron chi connectivity index (χ4n) is 2.62. The van der Waals surface area contributed by atoms with Crippen molar-refractivity contribution in [3.63, 3.8) is 0 Å². The molecule has 0 saturated heterocycles. The molecule has 6 heteroatoms. The van der Waals surface area contributed by atoms with E-state index in [0.717, 1.165) is 5.56 Å². The van der Waals surface area contributed by atoms with Crippen LogP contribution < -0.4 is 0 Å². The van der Waals surface area contributed by atoms with E-state index in [1.807, 2.05) is 6.07 Å². The summed E-state index contributed by atoms with van der Waals surface area (Å²) in [5.74, 6) is -2.67. The summed E-state index contributed by atoms with van der Waals surface area (Å²) in [5.41, 5.74) is 1.78. The Hall–Kier alpha value is -2.42. The van der Waals surface area contributed by atoms with E-state index in [9.17, 15) is 13.9 Å². The normalized spacial score (nSPS) is 18.0. The molecule has 0 bridgehead atoms. The van der Waals surface area contributed by atoms with Gasteiger partial charge in [0.2, 0.25) is 11.8 Å². The molecule has 3 rings (SSSR count). The zero-order valence-electron chi connectivity index (χ0n) is 11.8. The number of hydrogen-bond donors (Lipinski definition) is 1. The van der Waals surface area contributed by atoms with Crippen LogP contribution in [0.1, 0.15) is 31.2 Å². The van der Waals surface area contributed by atoms with Crippen LogP contribution in [0.3, 0.4) is 0 Å². The van der Waals surface area contributed by atoms with Gasteiger partial charge in [-0.3, -0.25) is 0 Å². The first-order valence-electron chi connectivity index (χ1n) is 7.00. The number of nitriles is 1. The molecule has 22 heavy (non-hydrogen) atoms. The standard InChI is InChI=1S/C16H14F2N3O/c17-16(18)7-5-13(6-8-16)21-15(22)14(10-20-21)12-3-1-11(9-19)2-4-12/h1-4,10,22H,5-8H2. The summed E-state index contributed by atoms with van der Waals surface area (Å²) in [6, 6.07) is 9.47. The van der Waals surface area contributed by atoms with Crippen molar-refractivity contribution < 1.29 is 13.9 Å². The van der Waals surface area contributed by atoms with Crippen LogP contribution >= 0.6 is 0 Å². The molecular formula is C16H14F2N3O. The van der Waals surface area contributed by atoms with Crippen LogP contribution in [0.15, 0.2) is 30.5 Å². The van der Waals surface area contributed by atoms with Gasteiger partial charge in [-0.2, -0.15) is 10.4 Å². The van der Waals surface area contributed by atoms with Gasteiger partial charge < -0.3 is 5.11 Å². The molecule has 1 radical (unpaired) electrons. The smallest absolute Gasteiger partial charge is 0.248 e. The summed E-state index contributed by atoms with van der Waals surface area (Å²) in [6.07, 6.45) is 1.52. The maximum Gasteiger partial charge on any atom is 0.248 e. The number of halogens is 2. The molecule has 1 saturated carbocycles. The zero-order valence-corrected chi connectivity index (χ0v) is 11.8. The van der Waals surface area contributed by atoms with Crippen molar-refractivity contribution in [2.45, 2.75) is 31.6 Å². The number of nitrogens with zero attached hydrogens (tertiary/aromatic N) is 3. The predicted molar refractivity (Wildman–Crippen MR) is 76.1 cm³/mol. The first-order chi connectivity index (χ1) is 10.5. The van der Waals surface area contributed by atoms with Gasteiger partial charge >= 0.3 is 0 Å². The highest BCUT2D eigenvalue weighted by molar-refractivity contribution is 5.68. The van der Waals surface area contributed by atoms with Crippen molar-refractivity contribution in [2.24, 2.45) is 0 Å². The first-order valence-corrected chi connectivity index (χ1v) is 7.00. The van der Waals surface area contributed by atoms with Gasteiger partial charge in [0.25, 0.3) is 0 Å². The zero-order chi connectivity index (χ0) is 15.7. The van der Waals surface area contributed by atoms with Crippen LogP contribution in [0.5, 0.6) is 5.88 Å². The number of alkyl halides is 2. The lowest BCUT2D eigenvalue weighted by Crippen LogP contribution is -2.27. The van der Waals surface area contributed by atoms with Crippen LogP contribution in [-0.2, 0) is 0 Å². The molecule has 1 aliphatic rings. The van der Waals surface area contributed by atoms with Gasteiger partial charge in [-0.15, -0.1) is 0 Å². The number of aromatic nitrogens is 2. The van der Waals surface area contributed by atoms with Crippen LogP contribution in [0.2, 0.25) is 0 Å². The van der Waals surface area contributed by atoms with Crippen molar-refractivity contribution in [3.8, 4) is 23.1 Å². The summed E-state index contributed by atoms with van der Waals surface area (Å²) in [6.45, 7) is 0. The number of rotatable bonds is 2. The molecule has 1 heterocycles. The molecule has 1 fully saturated rings. The van der Waals surface area contributed by atoms with E-state index in [-0.39, 0.29) is 31.6 Å². The van der Waals surface area contributed by atoms with Gasteiger partial charge in [0.05, 0.1) is 29.4 Å². The fraction of sp³-hybridized carbons (Fsp3) is 0.312. The topological polar surface area (TPSA) is 61.8 Å². The Bertz CT molecular complexity index is 706. The summed E-state index contributed by atoms with van der Waals surface area (Å²) in [4.78, 5) is 0. The molecule has 0 aliphatic heterocycles. The maximum absolute atomic E-state index is 13.2. The van der Waals surface area contributed by atoms with Gasteiger partial charge in [0, 0.05) is 12.8 Å². The maximum atomic E-state index is 13.2. The molecule has 1 N–H and O–H groups in total. The molecule has 0 amide bonds. The highest BCUT2D eigenvalue weighted by atomic mass is 19.3. The summed E-state index contributed by atoms with van der Waals surface area (Å²) < 4.78 is 27.8. The largest absolute Gasteiger partial charge is 0.493 e. The SMILES string of the molecule is N#Cc1ccc(-c2cnn([C]3CCC(F)(F)CC3)c2O)cc1. The lowest BCUT2D eigenvalue weighted by Gasteiger charge is -2.27. The molecule has 1 aromatic heterocycles. The Morgan fingerprint density at radius 2 is 1.82 bits per heavy atom. The van der Waals surface area contributed by atoms with E-state index >= 15 is 0 Å². The van der Waals surface area contributed by atoms with Crippen molar-refractivity contribution in [1.82, 2.24) is 9.78 Å². The second kappa shape index (κ2) is 5.41. The first kappa shape index (κ1) is 14.5. The second-order valence-electron chi connectivity index (χ2n) is 5.40. The molecule has 2 aromatic rings. The van der Waals surface area contributed by atoms with E-state index < -0.39 is 5.92 Å². The van der Waals surface area contributed by atoms with Gasteiger partial charge in [-0.25, -0.2) is 13.5 Å². The lowest BCUT2D eigenvalue weighted by atomic mass is 9.92.